The van der Waals surface area contributed by atoms with Crippen LogP contribution in [0, 0.1) is 5.92 Å². The van der Waals surface area contributed by atoms with E-state index in [-0.39, 0.29) is 23.0 Å². The second-order valence-corrected chi connectivity index (χ2v) is 7.33. The van der Waals surface area contributed by atoms with Gasteiger partial charge in [-0.1, -0.05) is 26.0 Å². The van der Waals surface area contributed by atoms with Crippen LogP contribution in [0.25, 0.3) is 0 Å². The highest BCUT2D eigenvalue weighted by Gasteiger charge is 2.45. The van der Waals surface area contributed by atoms with Crippen molar-refractivity contribution in [3.8, 4) is 0 Å². The van der Waals surface area contributed by atoms with Crippen molar-refractivity contribution in [3.63, 3.8) is 0 Å². The smallest absolute Gasteiger partial charge is 0.330 e. The fourth-order valence-corrected chi connectivity index (χ4v) is 3.63. The van der Waals surface area contributed by atoms with E-state index in [4.69, 9.17) is 4.74 Å². The Kier molecular flexibility index (Phi) is 5.30. The third-order valence-electron chi connectivity index (χ3n) is 5.04. The topological polar surface area (TPSA) is 84.0 Å². The fourth-order valence-electron chi connectivity index (χ4n) is 3.63. The first-order valence-corrected chi connectivity index (χ1v) is 9.29. The Labute approximate surface area is 158 Å². The van der Waals surface area contributed by atoms with Gasteiger partial charge < -0.3 is 9.64 Å². The van der Waals surface area contributed by atoms with Gasteiger partial charge >= 0.3 is 5.97 Å². The van der Waals surface area contributed by atoms with Crippen LogP contribution in [0.15, 0.2) is 24.3 Å². The van der Waals surface area contributed by atoms with Crippen molar-refractivity contribution in [1.82, 2.24) is 9.80 Å². The average Bonchev–Trinajstić information content (AvgIpc) is 3.25. The number of rotatable bonds is 5. The molecule has 1 aromatic carbocycles. The Balaban J connectivity index is 1.78. The van der Waals surface area contributed by atoms with Crippen molar-refractivity contribution < 1.29 is 23.9 Å². The largest absolute Gasteiger partial charge is 0.451 e. The number of hydrogen-bond donors (Lipinski definition) is 0. The zero-order valence-corrected chi connectivity index (χ0v) is 15.8. The van der Waals surface area contributed by atoms with Crippen molar-refractivity contribution in [2.24, 2.45) is 5.92 Å². The zero-order valence-electron chi connectivity index (χ0n) is 15.8. The molecule has 0 N–H and O–H groups in total. The molecule has 144 valence electrons. The highest BCUT2D eigenvalue weighted by molar-refractivity contribution is 6.22. The Hall–Kier alpha value is -2.70. The summed E-state index contributed by atoms with van der Waals surface area (Å²) in [5.41, 5.74) is 0.560. The molecule has 2 aliphatic rings. The second kappa shape index (κ2) is 7.50. The molecule has 1 aromatic rings. The highest BCUT2D eigenvalue weighted by atomic mass is 16.5. The third kappa shape index (κ3) is 3.46. The van der Waals surface area contributed by atoms with Crippen molar-refractivity contribution in [1.29, 1.82) is 0 Å². The van der Waals surface area contributed by atoms with Gasteiger partial charge in [-0.25, -0.2) is 4.79 Å². The average molecular weight is 372 g/mol. The molecular formula is C20H24N2O5. The zero-order chi connectivity index (χ0) is 19.7. The number of benzene rings is 1. The lowest BCUT2D eigenvalue weighted by Gasteiger charge is -2.29. The van der Waals surface area contributed by atoms with E-state index < -0.39 is 29.9 Å². The van der Waals surface area contributed by atoms with Gasteiger partial charge in [-0.2, -0.15) is 0 Å². The van der Waals surface area contributed by atoms with Crippen molar-refractivity contribution in [2.45, 2.75) is 45.8 Å². The van der Waals surface area contributed by atoms with E-state index in [1.165, 1.54) is 6.92 Å². The maximum Gasteiger partial charge on any atom is 0.330 e. The minimum Gasteiger partial charge on any atom is -0.451 e. The summed E-state index contributed by atoms with van der Waals surface area (Å²) in [6.07, 6.45) is 0.929. The van der Waals surface area contributed by atoms with E-state index in [1.54, 1.807) is 43.0 Å². The maximum absolute atomic E-state index is 12.8. The molecule has 2 atom stereocenters. The number of likely N-dealkylation sites (tertiary alicyclic amines) is 1. The van der Waals surface area contributed by atoms with Crippen LogP contribution in [0.2, 0.25) is 0 Å². The van der Waals surface area contributed by atoms with Crippen molar-refractivity contribution >= 4 is 23.7 Å². The van der Waals surface area contributed by atoms with Crippen LogP contribution in [0.4, 0.5) is 0 Å². The molecule has 0 aromatic heterocycles. The lowest BCUT2D eigenvalue weighted by molar-refractivity contribution is -0.163. The van der Waals surface area contributed by atoms with Crippen LogP contribution in [-0.4, -0.2) is 58.7 Å². The molecule has 0 unspecified atom stereocenters. The van der Waals surface area contributed by atoms with Crippen LogP contribution in [0.3, 0.4) is 0 Å². The van der Waals surface area contributed by atoms with Gasteiger partial charge in [0.15, 0.2) is 6.10 Å². The monoisotopic (exact) mass is 372 g/mol. The molecule has 0 bridgehead atoms. The number of amides is 3. The Bertz CT molecular complexity index is 747. The summed E-state index contributed by atoms with van der Waals surface area (Å²) in [6.45, 7) is 6.32. The lowest BCUT2D eigenvalue weighted by atomic mass is 10.0. The van der Waals surface area contributed by atoms with Crippen LogP contribution < -0.4 is 0 Å². The van der Waals surface area contributed by atoms with E-state index in [0.717, 1.165) is 17.7 Å². The molecule has 27 heavy (non-hydrogen) atoms. The molecule has 3 amide bonds. The number of carbonyl (C=O) groups is 4. The summed E-state index contributed by atoms with van der Waals surface area (Å²) >= 11 is 0. The number of hydrogen-bond acceptors (Lipinski definition) is 5. The third-order valence-corrected chi connectivity index (χ3v) is 5.04. The van der Waals surface area contributed by atoms with Crippen LogP contribution in [0.5, 0.6) is 0 Å². The maximum atomic E-state index is 12.8. The molecule has 7 nitrogen and oxygen atoms in total. The molecule has 0 radical (unpaired) electrons. The number of imide groups is 1. The molecule has 0 aliphatic carbocycles. The highest BCUT2D eigenvalue weighted by Crippen LogP contribution is 2.28. The first-order valence-electron chi connectivity index (χ1n) is 9.29. The number of fused-ring (bicyclic) bond motifs is 1. The van der Waals surface area contributed by atoms with Gasteiger partial charge in [-0.05, 0) is 37.8 Å². The summed E-state index contributed by atoms with van der Waals surface area (Å²) in [4.78, 5) is 53.3. The van der Waals surface area contributed by atoms with Crippen molar-refractivity contribution in [3.05, 3.63) is 35.4 Å². The Morgan fingerprint density at radius 1 is 0.963 bits per heavy atom. The first-order chi connectivity index (χ1) is 12.8. The molecule has 2 heterocycles. The minimum absolute atomic E-state index is 0.245. The first kappa shape index (κ1) is 19.1. The summed E-state index contributed by atoms with van der Waals surface area (Å²) < 4.78 is 5.38. The molecule has 0 saturated carbocycles. The van der Waals surface area contributed by atoms with Crippen LogP contribution in [-0.2, 0) is 14.3 Å². The molecular weight excluding hydrogens is 348 g/mol. The normalized spacial score (nSPS) is 18.7. The predicted octanol–water partition coefficient (Wildman–Crippen LogP) is 1.86. The molecule has 7 heteroatoms. The number of nitrogens with zero attached hydrogens (tertiary/aromatic N) is 2. The van der Waals surface area contributed by atoms with E-state index in [1.807, 2.05) is 0 Å². The summed E-state index contributed by atoms with van der Waals surface area (Å²) in [6, 6.07) is 5.40. The lowest BCUT2D eigenvalue weighted by Crippen LogP contribution is -2.50. The summed E-state index contributed by atoms with van der Waals surface area (Å²) in [5, 5.41) is 0. The molecule has 1 fully saturated rings. The van der Waals surface area contributed by atoms with E-state index in [2.05, 4.69) is 0 Å². The quantitative estimate of drug-likeness (QED) is 0.582. The second-order valence-electron chi connectivity index (χ2n) is 7.33. The molecule has 2 aliphatic heterocycles. The van der Waals surface area contributed by atoms with Crippen LogP contribution >= 0.6 is 0 Å². The Morgan fingerprint density at radius 3 is 1.96 bits per heavy atom. The van der Waals surface area contributed by atoms with Crippen molar-refractivity contribution in [2.75, 3.05) is 13.1 Å². The van der Waals surface area contributed by atoms with Gasteiger partial charge in [0.25, 0.3) is 17.7 Å². The molecule has 0 spiro atoms. The van der Waals surface area contributed by atoms with Gasteiger partial charge in [0, 0.05) is 13.1 Å². The van der Waals surface area contributed by atoms with Gasteiger partial charge in [-0.15, -0.1) is 0 Å². The Morgan fingerprint density at radius 2 is 1.48 bits per heavy atom. The van der Waals surface area contributed by atoms with E-state index in [0.29, 0.717) is 13.1 Å². The molecule has 1 saturated heterocycles. The van der Waals surface area contributed by atoms with Crippen LogP contribution in [0.1, 0.15) is 54.3 Å². The predicted molar refractivity (Wildman–Crippen MR) is 96.9 cm³/mol. The summed E-state index contributed by atoms with van der Waals surface area (Å²) in [7, 11) is 0. The fraction of sp³-hybridized carbons (Fsp3) is 0.500. The SMILES string of the molecule is CC(C)[C@@H](C(=O)O[C@@H](C)C(=O)N1CCCC1)N1C(=O)c2ccccc2C1=O. The minimum atomic E-state index is -1.08. The number of esters is 1. The standard InChI is InChI=1S/C20H24N2O5/c1-12(2)16(20(26)27-13(3)17(23)21-10-6-7-11-21)22-18(24)14-8-4-5-9-15(14)19(22)25/h4-5,8-9,12-13,16H,6-7,10-11H2,1-3H3/t13-,16-/m0/s1. The van der Waals surface area contributed by atoms with E-state index >= 15 is 0 Å². The van der Waals surface area contributed by atoms with Gasteiger partial charge in [-0.3, -0.25) is 19.3 Å². The summed E-state index contributed by atoms with van der Waals surface area (Å²) in [5.74, 6) is -2.35. The number of ether oxygens (including phenoxy) is 1. The van der Waals surface area contributed by atoms with Gasteiger partial charge in [0.05, 0.1) is 11.1 Å². The van der Waals surface area contributed by atoms with Gasteiger partial charge in [0.1, 0.15) is 6.04 Å². The van der Waals surface area contributed by atoms with Gasteiger partial charge in [0.2, 0.25) is 0 Å². The van der Waals surface area contributed by atoms with E-state index in [9.17, 15) is 19.2 Å². The molecule has 3 rings (SSSR count). The number of carbonyl (C=O) groups excluding carboxylic acids is 4.